The van der Waals surface area contributed by atoms with Crippen LogP contribution in [-0.2, 0) is 26.6 Å². The van der Waals surface area contributed by atoms with Gasteiger partial charge in [-0.1, -0.05) is 58.2 Å². The third kappa shape index (κ3) is 5.40. The van der Waals surface area contributed by atoms with Crippen LogP contribution >= 0.6 is 34.8 Å². The third-order valence-electron chi connectivity index (χ3n) is 4.86. The van der Waals surface area contributed by atoms with E-state index in [1.54, 1.807) is 30.7 Å². The molecule has 1 fully saturated rings. The van der Waals surface area contributed by atoms with Crippen molar-refractivity contribution in [3.63, 3.8) is 0 Å². The second-order valence-corrected chi connectivity index (χ2v) is 8.48. The summed E-state index contributed by atoms with van der Waals surface area (Å²) in [7, 11) is 0. The van der Waals surface area contributed by atoms with E-state index < -0.39 is 5.79 Å². The van der Waals surface area contributed by atoms with Crippen LogP contribution in [0.15, 0.2) is 66.3 Å². The Balaban J connectivity index is 1.43. The van der Waals surface area contributed by atoms with Crippen molar-refractivity contribution in [2.45, 2.75) is 25.4 Å². The lowest BCUT2D eigenvalue weighted by Gasteiger charge is -2.24. The van der Waals surface area contributed by atoms with Gasteiger partial charge in [0.2, 0.25) is 0 Å². The van der Waals surface area contributed by atoms with Gasteiger partial charge >= 0.3 is 0 Å². The molecule has 2 heterocycles. The van der Waals surface area contributed by atoms with Gasteiger partial charge < -0.3 is 18.9 Å². The highest BCUT2D eigenvalue weighted by Crippen LogP contribution is 2.38. The van der Waals surface area contributed by atoms with Gasteiger partial charge in [0.15, 0.2) is 5.79 Å². The predicted molar refractivity (Wildman–Crippen MR) is 121 cm³/mol. The predicted octanol–water partition coefficient (Wildman–Crippen LogP) is 5.55. The number of aromatic nitrogens is 2. The van der Waals surface area contributed by atoms with E-state index in [1.165, 1.54) is 0 Å². The van der Waals surface area contributed by atoms with Crippen molar-refractivity contribution in [1.82, 2.24) is 9.55 Å². The van der Waals surface area contributed by atoms with Crippen LogP contribution in [0, 0.1) is 0 Å². The van der Waals surface area contributed by atoms with Gasteiger partial charge in [0.25, 0.3) is 0 Å². The van der Waals surface area contributed by atoms with Gasteiger partial charge in [-0.3, -0.25) is 0 Å². The molecule has 0 N–H and O–H groups in total. The van der Waals surface area contributed by atoms with Gasteiger partial charge in [-0.2, -0.15) is 0 Å². The Morgan fingerprint density at radius 1 is 1.19 bits per heavy atom. The molecule has 2 atom stereocenters. The second kappa shape index (κ2) is 9.59. The van der Waals surface area contributed by atoms with Gasteiger partial charge in [0.05, 0.1) is 24.5 Å². The molecule has 4 rings (SSSR count). The van der Waals surface area contributed by atoms with Crippen LogP contribution in [0.25, 0.3) is 0 Å². The number of halogens is 3. The quantitative estimate of drug-likeness (QED) is 0.328. The molecule has 162 valence electrons. The van der Waals surface area contributed by atoms with Crippen molar-refractivity contribution in [3.05, 3.63) is 87.4 Å². The Bertz CT molecular complexity index is 1060. The SMILES string of the molecule is CC1(c2ccc(Cl)cc2Cl)OCC(CO/N=C(\Cn2ccnc2)c2ccc(Cl)cc2)O1. The van der Waals surface area contributed by atoms with E-state index in [4.69, 9.17) is 49.1 Å². The second-order valence-electron chi connectivity index (χ2n) is 7.20. The van der Waals surface area contributed by atoms with Crippen molar-refractivity contribution < 1.29 is 14.3 Å². The fourth-order valence-electron chi connectivity index (χ4n) is 3.29. The van der Waals surface area contributed by atoms with Crippen molar-refractivity contribution >= 4 is 40.5 Å². The molecule has 6 nitrogen and oxygen atoms in total. The molecule has 0 amide bonds. The molecule has 0 bridgehead atoms. The van der Waals surface area contributed by atoms with E-state index in [1.807, 2.05) is 42.0 Å². The number of rotatable bonds is 7. The maximum atomic E-state index is 6.33. The summed E-state index contributed by atoms with van der Waals surface area (Å²) in [6.45, 7) is 2.90. The first-order valence-corrected chi connectivity index (χ1v) is 10.7. The Hall–Kier alpha value is -2.09. The van der Waals surface area contributed by atoms with Crippen LogP contribution in [0.2, 0.25) is 15.1 Å². The Labute approximate surface area is 195 Å². The van der Waals surface area contributed by atoms with Crippen molar-refractivity contribution in [2.24, 2.45) is 5.16 Å². The molecule has 1 aromatic heterocycles. The fraction of sp³-hybridized carbons (Fsp3) is 0.273. The lowest BCUT2D eigenvalue weighted by atomic mass is 10.1. The van der Waals surface area contributed by atoms with Crippen LogP contribution in [0.3, 0.4) is 0 Å². The number of imidazole rings is 1. The van der Waals surface area contributed by atoms with Crippen LogP contribution in [0.5, 0.6) is 0 Å². The summed E-state index contributed by atoms with van der Waals surface area (Å²) in [4.78, 5) is 9.73. The number of ether oxygens (including phenoxy) is 2. The zero-order chi connectivity index (χ0) is 21.8. The first-order chi connectivity index (χ1) is 14.9. The maximum Gasteiger partial charge on any atom is 0.194 e. The molecular formula is C22H20Cl3N3O3. The van der Waals surface area contributed by atoms with Gasteiger partial charge in [-0.25, -0.2) is 4.98 Å². The average molecular weight is 481 g/mol. The normalized spacial score (nSPS) is 21.4. The van der Waals surface area contributed by atoms with Gasteiger partial charge in [-0.05, 0) is 31.2 Å². The van der Waals surface area contributed by atoms with E-state index in [-0.39, 0.29) is 12.7 Å². The van der Waals surface area contributed by atoms with E-state index in [9.17, 15) is 0 Å². The molecule has 1 aliphatic rings. The van der Waals surface area contributed by atoms with E-state index in [0.29, 0.717) is 33.8 Å². The summed E-state index contributed by atoms with van der Waals surface area (Å²) < 4.78 is 13.9. The van der Waals surface area contributed by atoms with Crippen molar-refractivity contribution in [2.75, 3.05) is 13.2 Å². The van der Waals surface area contributed by atoms with Crippen LogP contribution in [-0.4, -0.2) is 34.6 Å². The van der Waals surface area contributed by atoms with E-state index in [2.05, 4.69) is 10.1 Å². The topological polar surface area (TPSA) is 57.9 Å². The lowest BCUT2D eigenvalue weighted by Crippen LogP contribution is -2.26. The van der Waals surface area contributed by atoms with Crippen LogP contribution < -0.4 is 0 Å². The molecule has 0 spiro atoms. The zero-order valence-corrected chi connectivity index (χ0v) is 18.9. The summed E-state index contributed by atoms with van der Waals surface area (Å²) in [5.74, 6) is -0.977. The first-order valence-electron chi connectivity index (χ1n) is 9.61. The first kappa shape index (κ1) is 22.1. The summed E-state index contributed by atoms with van der Waals surface area (Å²) >= 11 is 18.3. The van der Waals surface area contributed by atoms with Crippen LogP contribution in [0.1, 0.15) is 18.1 Å². The monoisotopic (exact) mass is 479 g/mol. The number of hydrogen-bond donors (Lipinski definition) is 0. The van der Waals surface area contributed by atoms with E-state index >= 15 is 0 Å². The van der Waals surface area contributed by atoms with Crippen LogP contribution in [0.4, 0.5) is 0 Å². The molecule has 9 heteroatoms. The summed E-state index contributed by atoms with van der Waals surface area (Å²) in [5.41, 5.74) is 2.35. The largest absolute Gasteiger partial charge is 0.393 e. The number of benzene rings is 2. The molecule has 0 saturated carbocycles. The van der Waals surface area contributed by atoms with Crippen molar-refractivity contribution in [1.29, 1.82) is 0 Å². The minimum Gasteiger partial charge on any atom is -0.393 e. The molecule has 31 heavy (non-hydrogen) atoms. The highest BCUT2D eigenvalue weighted by molar-refractivity contribution is 6.35. The van der Waals surface area contributed by atoms with Gasteiger partial charge in [0.1, 0.15) is 18.4 Å². The molecule has 1 aliphatic heterocycles. The molecule has 2 unspecified atom stereocenters. The Morgan fingerprint density at radius 2 is 1.97 bits per heavy atom. The standard InChI is InChI=1S/C22H20Cl3N3O3/c1-22(19-7-6-17(24)10-20(19)25)29-12-18(31-22)13-30-27-21(11-28-9-8-26-14-28)15-2-4-16(23)5-3-15/h2-10,14,18H,11-13H2,1H3/b27-21+. The summed E-state index contributed by atoms with van der Waals surface area (Å²) in [5, 5.41) is 6.05. The third-order valence-corrected chi connectivity index (χ3v) is 5.66. The average Bonchev–Trinajstić information content (AvgIpc) is 3.38. The molecule has 0 aliphatic carbocycles. The number of nitrogens with zero attached hydrogens (tertiary/aromatic N) is 3. The Kier molecular flexibility index (Phi) is 6.84. The zero-order valence-electron chi connectivity index (χ0n) is 16.7. The summed E-state index contributed by atoms with van der Waals surface area (Å²) in [6.07, 6.45) is 4.99. The molecule has 2 aromatic carbocycles. The number of oxime groups is 1. The minimum atomic E-state index is -0.977. The molecule has 0 radical (unpaired) electrons. The highest BCUT2D eigenvalue weighted by Gasteiger charge is 2.40. The van der Waals surface area contributed by atoms with Crippen molar-refractivity contribution in [3.8, 4) is 0 Å². The van der Waals surface area contributed by atoms with Gasteiger partial charge in [-0.15, -0.1) is 0 Å². The Morgan fingerprint density at radius 3 is 2.68 bits per heavy atom. The maximum absolute atomic E-state index is 6.33. The summed E-state index contributed by atoms with van der Waals surface area (Å²) in [6, 6.07) is 12.6. The fourth-order valence-corrected chi connectivity index (χ4v) is 3.99. The number of hydrogen-bond acceptors (Lipinski definition) is 5. The molecule has 3 aromatic rings. The van der Waals surface area contributed by atoms with E-state index in [0.717, 1.165) is 11.3 Å². The molecular weight excluding hydrogens is 461 g/mol. The smallest absolute Gasteiger partial charge is 0.194 e. The van der Waals surface area contributed by atoms with Gasteiger partial charge in [0, 0.05) is 33.6 Å². The lowest BCUT2D eigenvalue weighted by molar-refractivity contribution is -0.167. The minimum absolute atomic E-state index is 0.224. The highest BCUT2D eigenvalue weighted by atomic mass is 35.5. The molecule has 1 saturated heterocycles.